The van der Waals surface area contributed by atoms with Gasteiger partial charge in [-0.2, -0.15) is 0 Å². The highest BCUT2D eigenvalue weighted by molar-refractivity contribution is 5.85. The van der Waals surface area contributed by atoms with Gasteiger partial charge < -0.3 is 21.3 Å². The predicted molar refractivity (Wildman–Crippen MR) is 92.2 cm³/mol. The molecule has 1 heterocycles. The second-order valence-corrected chi connectivity index (χ2v) is 6.25. The van der Waals surface area contributed by atoms with Crippen molar-refractivity contribution in [3.05, 3.63) is 0 Å². The number of hydrogen-bond acceptors (Lipinski definition) is 5. The minimum Gasteiger partial charge on any atom is -0.355 e. The zero-order valence-electron chi connectivity index (χ0n) is 14.8. The fraction of sp³-hybridized carbons (Fsp3) is 0.812. The van der Waals surface area contributed by atoms with Crippen molar-refractivity contribution < 1.29 is 14.4 Å². The highest BCUT2D eigenvalue weighted by Crippen LogP contribution is 2.16. The van der Waals surface area contributed by atoms with Crippen LogP contribution in [0, 0.1) is 5.92 Å². The smallest absolute Gasteiger partial charge is 0.239 e. The molecule has 0 aromatic heterocycles. The van der Waals surface area contributed by atoms with Crippen LogP contribution in [0.3, 0.4) is 0 Å². The quantitative estimate of drug-likeness (QED) is 0.486. The van der Waals surface area contributed by atoms with E-state index in [1.54, 1.807) is 7.05 Å². The Hall–Kier alpha value is -1.67. The number of rotatable bonds is 9. The number of amides is 3. The maximum atomic E-state index is 12.3. The van der Waals surface area contributed by atoms with E-state index in [1.165, 1.54) is 4.90 Å². The van der Waals surface area contributed by atoms with Gasteiger partial charge in [-0.05, 0) is 25.8 Å². The molecule has 1 rings (SSSR count). The van der Waals surface area contributed by atoms with Crippen LogP contribution in [0.4, 0.5) is 0 Å². The maximum absolute atomic E-state index is 12.3. The number of nitrogens with one attached hydrogen (secondary N) is 2. The highest BCUT2D eigenvalue weighted by atomic mass is 16.2. The molecule has 8 nitrogen and oxygen atoms in total. The SMILES string of the molecule is CCCNC(=O)CN(C)C(=O)CN1CCCC(C(=O)NCCN)C1. The first kappa shape index (κ1) is 20.4. The van der Waals surface area contributed by atoms with E-state index in [-0.39, 0.29) is 36.7 Å². The Morgan fingerprint density at radius 1 is 1.25 bits per heavy atom. The molecule has 3 amide bonds. The largest absolute Gasteiger partial charge is 0.355 e. The Kier molecular flexibility index (Phi) is 9.33. The van der Waals surface area contributed by atoms with Gasteiger partial charge in [-0.15, -0.1) is 0 Å². The lowest BCUT2D eigenvalue weighted by Gasteiger charge is -2.32. The van der Waals surface area contributed by atoms with Gasteiger partial charge in [-0.25, -0.2) is 0 Å². The first-order chi connectivity index (χ1) is 11.5. The molecule has 0 radical (unpaired) electrons. The maximum Gasteiger partial charge on any atom is 0.239 e. The number of hydrogen-bond donors (Lipinski definition) is 3. The Labute approximate surface area is 144 Å². The molecular weight excluding hydrogens is 310 g/mol. The van der Waals surface area contributed by atoms with Gasteiger partial charge in [0.25, 0.3) is 0 Å². The molecule has 0 aromatic carbocycles. The lowest BCUT2D eigenvalue weighted by Crippen LogP contribution is -2.48. The lowest BCUT2D eigenvalue weighted by molar-refractivity contribution is -0.136. The number of likely N-dealkylation sites (N-methyl/N-ethyl adjacent to an activating group) is 1. The van der Waals surface area contributed by atoms with Crippen LogP contribution >= 0.6 is 0 Å². The van der Waals surface area contributed by atoms with Crippen molar-refractivity contribution in [1.82, 2.24) is 20.4 Å². The summed E-state index contributed by atoms with van der Waals surface area (Å²) in [5.74, 6) is -0.351. The summed E-state index contributed by atoms with van der Waals surface area (Å²) in [6.45, 7) is 5.15. The highest BCUT2D eigenvalue weighted by Gasteiger charge is 2.27. The van der Waals surface area contributed by atoms with Gasteiger partial charge in [0.15, 0.2) is 0 Å². The zero-order chi connectivity index (χ0) is 17.9. The molecular formula is C16H31N5O3. The van der Waals surface area contributed by atoms with E-state index < -0.39 is 0 Å². The predicted octanol–water partition coefficient (Wildman–Crippen LogP) is -1.24. The fourth-order valence-electron chi connectivity index (χ4n) is 2.69. The number of likely N-dealkylation sites (tertiary alicyclic amines) is 1. The van der Waals surface area contributed by atoms with E-state index in [2.05, 4.69) is 10.6 Å². The van der Waals surface area contributed by atoms with E-state index in [9.17, 15) is 14.4 Å². The third kappa shape index (κ3) is 7.27. The first-order valence-corrected chi connectivity index (χ1v) is 8.68. The topological polar surface area (TPSA) is 108 Å². The molecule has 4 N–H and O–H groups in total. The monoisotopic (exact) mass is 341 g/mol. The molecule has 138 valence electrons. The average Bonchev–Trinajstić information content (AvgIpc) is 2.57. The zero-order valence-corrected chi connectivity index (χ0v) is 14.8. The standard InChI is InChI=1S/C16H31N5O3/c1-3-7-18-14(22)11-20(2)15(23)12-21-9-4-5-13(10-21)16(24)19-8-6-17/h13H,3-12,17H2,1-2H3,(H,18,22)(H,19,24). The van der Waals surface area contributed by atoms with Crippen molar-refractivity contribution in [3.8, 4) is 0 Å². The summed E-state index contributed by atoms with van der Waals surface area (Å²) in [6, 6.07) is 0. The summed E-state index contributed by atoms with van der Waals surface area (Å²) in [4.78, 5) is 39.4. The van der Waals surface area contributed by atoms with Gasteiger partial charge in [0.1, 0.15) is 0 Å². The molecule has 0 bridgehead atoms. The van der Waals surface area contributed by atoms with E-state index >= 15 is 0 Å². The van der Waals surface area contributed by atoms with Crippen LogP contribution in [-0.4, -0.2) is 80.4 Å². The van der Waals surface area contributed by atoms with Gasteiger partial charge >= 0.3 is 0 Å². The fourth-order valence-corrected chi connectivity index (χ4v) is 2.69. The molecule has 1 atom stereocenters. The summed E-state index contributed by atoms with van der Waals surface area (Å²) in [7, 11) is 1.63. The molecule has 1 aliphatic heterocycles. The molecule has 24 heavy (non-hydrogen) atoms. The van der Waals surface area contributed by atoms with E-state index in [0.29, 0.717) is 26.2 Å². The molecule has 0 spiro atoms. The molecule has 1 unspecified atom stereocenters. The van der Waals surface area contributed by atoms with Gasteiger partial charge in [-0.1, -0.05) is 6.92 Å². The van der Waals surface area contributed by atoms with Crippen molar-refractivity contribution >= 4 is 17.7 Å². The summed E-state index contributed by atoms with van der Waals surface area (Å²) >= 11 is 0. The Morgan fingerprint density at radius 2 is 2.00 bits per heavy atom. The third-order valence-corrected chi connectivity index (χ3v) is 4.06. The molecule has 1 saturated heterocycles. The normalized spacial score (nSPS) is 18.0. The van der Waals surface area contributed by atoms with Crippen LogP contribution in [0.2, 0.25) is 0 Å². The van der Waals surface area contributed by atoms with Crippen molar-refractivity contribution in [1.29, 1.82) is 0 Å². The minimum absolute atomic E-state index is 0.00453. The summed E-state index contributed by atoms with van der Waals surface area (Å²) in [6.07, 6.45) is 2.58. The Morgan fingerprint density at radius 3 is 2.67 bits per heavy atom. The van der Waals surface area contributed by atoms with Crippen LogP contribution in [0.25, 0.3) is 0 Å². The second kappa shape index (κ2) is 11.0. The van der Waals surface area contributed by atoms with Crippen LogP contribution in [0.15, 0.2) is 0 Å². The molecule has 0 aliphatic carbocycles. The van der Waals surface area contributed by atoms with Crippen LogP contribution < -0.4 is 16.4 Å². The molecule has 1 fully saturated rings. The summed E-state index contributed by atoms with van der Waals surface area (Å²) < 4.78 is 0. The summed E-state index contributed by atoms with van der Waals surface area (Å²) in [5, 5.41) is 5.56. The molecule has 1 aliphatic rings. The molecule has 0 aromatic rings. The number of carbonyl (C=O) groups is 3. The van der Waals surface area contributed by atoms with Gasteiger partial charge in [0.2, 0.25) is 17.7 Å². The van der Waals surface area contributed by atoms with Crippen LogP contribution in [-0.2, 0) is 14.4 Å². The Balaban J connectivity index is 2.39. The van der Waals surface area contributed by atoms with Gasteiger partial charge in [-0.3, -0.25) is 19.3 Å². The first-order valence-electron chi connectivity index (χ1n) is 8.68. The van der Waals surface area contributed by atoms with E-state index in [0.717, 1.165) is 25.8 Å². The lowest BCUT2D eigenvalue weighted by atomic mass is 9.97. The molecule has 0 saturated carbocycles. The third-order valence-electron chi connectivity index (χ3n) is 4.06. The second-order valence-electron chi connectivity index (χ2n) is 6.25. The van der Waals surface area contributed by atoms with Gasteiger partial charge in [0.05, 0.1) is 19.0 Å². The number of nitrogens with two attached hydrogens (primary N) is 1. The van der Waals surface area contributed by atoms with E-state index in [4.69, 9.17) is 5.73 Å². The number of piperidine rings is 1. The Bertz CT molecular complexity index is 430. The van der Waals surface area contributed by atoms with Crippen LogP contribution in [0.5, 0.6) is 0 Å². The number of nitrogens with zero attached hydrogens (tertiary/aromatic N) is 2. The van der Waals surface area contributed by atoms with Crippen LogP contribution in [0.1, 0.15) is 26.2 Å². The van der Waals surface area contributed by atoms with Gasteiger partial charge in [0, 0.05) is 33.2 Å². The van der Waals surface area contributed by atoms with Crippen molar-refractivity contribution in [2.75, 3.05) is 52.9 Å². The van der Waals surface area contributed by atoms with E-state index in [1.807, 2.05) is 11.8 Å². The number of carbonyl (C=O) groups excluding carboxylic acids is 3. The van der Waals surface area contributed by atoms with Crippen molar-refractivity contribution in [3.63, 3.8) is 0 Å². The average molecular weight is 341 g/mol. The minimum atomic E-state index is -0.148. The van der Waals surface area contributed by atoms with Crippen molar-refractivity contribution in [2.24, 2.45) is 11.7 Å². The molecule has 8 heteroatoms. The summed E-state index contributed by atoms with van der Waals surface area (Å²) in [5.41, 5.74) is 5.39. The van der Waals surface area contributed by atoms with Crippen molar-refractivity contribution in [2.45, 2.75) is 26.2 Å².